The van der Waals surface area contributed by atoms with Crippen molar-refractivity contribution in [2.45, 2.75) is 19.1 Å². The van der Waals surface area contributed by atoms with E-state index in [4.69, 9.17) is 12.2 Å². The van der Waals surface area contributed by atoms with E-state index in [1.54, 1.807) is 42.1 Å². The van der Waals surface area contributed by atoms with E-state index in [0.717, 1.165) is 6.07 Å². The molecule has 0 radical (unpaired) electrons. The van der Waals surface area contributed by atoms with Crippen LogP contribution >= 0.6 is 23.6 Å². The van der Waals surface area contributed by atoms with E-state index >= 15 is 0 Å². The third-order valence-electron chi connectivity index (χ3n) is 4.21. The van der Waals surface area contributed by atoms with Gasteiger partial charge in [0.15, 0.2) is 5.11 Å². The van der Waals surface area contributed by atoms with Crippen LogP contribution in [0.25, 0.3) is 0 Å². The topological polar surface area (TPSA) is 66.0 Å². The van der Waals surface area contributed by atoms with Crippen molar-refractivity contribution in [2.75, 3.05) is 10.6 Å². The number of carbonyl (C=O) groups is 1. The highest BCUT2D eigenvalue weighted by Crippen LogP contribution is 2.32. The molecule has 1 atom stereocenters. The Balaban J connectivity index is 1.56. The number of nitrogens with zero attached hydrogens (tertiary/aromatic N) is 1. The summed E-state index contributed by atoms with van der Waals surface area (Å²) in [6, 6.07) is 8.93. The minimum Gasteiger partial charge on any atom is -0.356 e. The molecule has 0 aliphatic carbocycles. The van der Waals surface area contributed by atoms with Gasteiger partial charge in [-0.3, -0.25) is 4.79 Å². The molecular weight excluding hydrogens is 452 g/mol. The molecule has 1 heterocycles. The SMILES string of the molecule is CC(NC(=S)Nc1ccc(NC(=O)c2cscn2)cc1)c1ccc(C(F)(F)F)c(F)c1. The minimum atomic E-state index is -4.75. The van der Waals surface area contributed by atoms with E-state index in [2.05, 4.69) is 20.9 Å². The van der Waals surface area contributed by atoms with Gasteiger partial charge in [-0.1, -0.05) is 6.07 Å². The molecule has 0 aliphatic heterocycles. The number of thiocarbonyl (C=S) groups is 1. The van der Waals surface area contributed by atoms with E-state index in [9.17, 15) is 22.4 Å². The van der Waals surface area contributed by atoms with Crippen LogP contribution in [0.5, 0.6) is 0 Å². The van der Waals surface area contributed by atoms with Gasteiger partial charge in [0.25, 0.3) is 5.91 Å². The predicted molar refractivity (Wildman–Crippen MR) is 116 cm³/mol. The Morgan fingerprint density at radius 3 is 2.29 bits per heavy atom. The molecule has 3 rings (SSSR count). The molecule has 0 saturated heterocycles. The summed E-state index contributed by atoms with van der Waals surface area (Å²) in [4.78, 5) is 15.9. The largest absolute Gasteiger partial charge is 0.419 e. The third-order valence-corrected chi connectivity index (χ3v) is 5.02. The summed E-state index contributed by atoms with van der Waals surface area (Å²) in [6.45, 7) is 1.65. The fraction of sp³-hybridized carbons (Fsp3) is 0.150. The van der Waals surface area contributed by atoms with Crippen LogP contribution in [0.4, 0.5) is 28.9 Å². The van der Waals surface area contributed by atoms with Gasteiger partial charge in [-0.15, -0.1) is 11.3 Å². The van der Waals surface area contributed by atoms with Gasteiger partial charge in [0.05, 0.1) is 17.1 Å². The first-order chi connectivity index (χ1) is 14.6. The molecule has 0 spiro atoms. The Kier molecular flexibility index (Phi) is 6.86. The lowest BCUT2D eigenvalue weighted by Crippen LogP contribution is -2.31. The Bertz CT molecular complexity index is 1070. The average Bonchev–Trinajstić information content (AvgIpc) is 3.23. The molecule has 11 heteroatoms. The summed E-state index contributed by atoms with van der Waals surface area (Å²) in [5.41, 5.74) is 2.08. The van der Waals surface area contributed by atoms with Crippen LogP contribution in [-0.2, 0) is 6.18 Å². The van der Waals surface area contributed by atoms with E-state index < -0.39 is 23.6 Å². The summed E-state index contributed by atoms with van der Waals surface area (Å²) in [5, 5.41) is 10.4. The van der Waals surface area contributed by atoms with Crippen molar-refractivity contribution in [1.29, 1.82) is 0 Å². The van der Waals surface area contributed by atoms with E-state index in [1.165, 1.54) is 17.4 Å². The molecule has 0 bridgehead atoms. The van der Waals surface area contributed by atoms with Crippen LogP contribution in [0.1, 0.15) is 34.6 Å². The monoisotopic (exact) mass is 468 g/mol. The maximum absolute atomic E-state index is 13.8. The molecule has 0 aliphatic rings. The van der Waals surface area contributed by atoms with Crippen LogP contribution < -0.4 is 16.0 Å². The van der Waals surface area contributed by atoms with Crippen molar-refractivity contribution in [3.05, 3.63) is 76.0 Å². The second-order valence-corrected chi connectivity index (χ2v) is 7.59. The number of alkyl halides is 3. The molecular formula is C20H16F4N4OS2. The zero-order valence-corrected chi connectivity index (χ0v) is 17.6. The normalized spacial score (nSPS) is 12.2. The molecule has 1 unspecified atom stereocenters. The van der Waals surface area contributed by atoms with Crippen molar-refractivity contribution in [3.8, 4) is 0 Å². The highest BCUT2D eigenvalue weighted by molar-refractivity contribution is 7.80. The second kappa shape index (κ2) is 9.40. The highest BCUT2D eigenvalue weighted by atomic mass is 32.1. The van der Waals surface area contributed by atoms with Crippen molar-refractivity contribution in [3.63, 3.8) is 0 Å². The number of thiazole rings is 1. The second-order valence-electron chi connectivity index (χ2n) is 6.46. The van der Waals surface area contributed by atoms with Crippen LogP contribution in [0, 0.1) is 5.82 Å². The number of benzene rings is 2. The lowest BCUT2D eigenvalue weighted by molar-refractivity contribution is -0.140. The fourth-order valence-corrected chi connectivity index (χ4v) is 3.46. The molecule has 3 aromatic rings. The van der Waals surface area contributed by atoms with Gasteiger partial charge in [-0.05, 0) is 61.1 Å². The Morgan fingerprint density at radius 2 is 1.74 bits per heavy atom. The predicted octanol–water partition coefficient (Wildman–Crippen LogP) is 5.60. The van der Waals surface area contributed by atoms with Gasteiger partial charge >= 0.3 is 6.18 Å². The minimum absolute atomic E-state index is 0.201. The van der Waals surface area contributed by atoms with Crippen molar-refractivity contribution < 1.29 is 22.4 Å². The van der Waals surface area contributed by atoms with Gasteiger partial charge in [0.1, 0.15) is 11.5 Å². The molecule has 0 saturated carbocycles. The molecule has 1 aromatic heterocycles. The maximum Gasteiger partial charge on any atom is 0.419 e. The Morgan fingerprint density at radius 1 is 1.10 bits per heavy atom. The summed E-state index contributed by atoms with van der Waals surface area (Å²) < 4.78 is 51.9. The Labute approximate surface area is 184 Å². The van der Waals surface area contributed by atoms with Crippen LogP contribution in [0.15, 0.2) is 53.4 Å². The first kappa shape index (κ1) is 22.6. The van der Waals surface area contributed by atoms with Crippen LogP contribution in [-0.4, -0.2) is 16.0 Å². The standard InChI is InChI=1S/C20H16F4N4OS2/c1-11(12-2-7-15(16(21)8-12)20(22,23)24)26-19(30)28-14-5-3-13(4-6-14)27-18(29)17-9-31-10-25-17/h2-11H,1H3,(H,27,29)(H2,26,28,30). The molecule has 162 valence electrons. The summed E-state index contributed by atoms with van der Waals surface area (Å²) >= 11 is 6.53. The van der Waals surface area contributed by atoms with Gasteiger partial charge in [-0.2, -0.15) is 13.2 Å². The van der Waals surface area contributed by atoms with Gasteiger partial charge < -0.3 is 16.0 Å². The molecule has 2 aromatic carbocycles. The van der Waals surface area contributed by atoms with Gasteiger partial charge in [0.2, 0.25) is 0 Å². The highest BCUT2D eigenvalue weighted by Gasteiger charge is 2.34. The molecule has 31 heavy (non-hydrogen) atoms. The fourth-order valence-electron chi connectivity index (χ4n) is 2.63. The number of carbonyl (C=O) groups excluding carboxylic acids is 1. The maximum atomic E-state index is 13.8. The molecule has 1 amide bonds. The van der Waals surface area contributed by atoms with E-state index in [0.29, 0.717) is 28.7 Å². The lowest BCUT2D eigenvalue weighted by atomic mass is 10.1. The van der Waals surface area contributed by atoms with Crippen molar-refractivity contribution >= 4 is 45.9 Å². The number of rotatable bonds is 5. The van der Waals surface area contributed by atoms with Crippen molar-refractivity contribution in [2.24, 2.45) is 0 Å². The van der Waals surface area contributed by atoms with Crippen molar-refractivity contribution in [1.82, 2.24) is 10.3 Å². The lowest BCUT2D eigenvalue weighted by Gasteiger charge is -2.18. The first-order valence-electron chi connectivity index (χ1n) is 8.87. The van der Waals surface area contributed by atoms with Gasteiger partial charge in [0, 0.05) is 16.8 Å². The van der Waals surface area contributed by atoms with E-state index in [-0.39, 0.29) is 11.0 Å². The molecule has 5 nitrogen and oxygen atoms in total. The molecule has 0 fully saturated rings. The average molecular weight is 469 g/mol. The smallest absolute Gasteiger partial charge is 0.356 e. The first-order valence-corrected chi connectivity index (χ1v) is 10.2. The summed E-state index contributed by atoms with van der Waals surface area (Å²) in [7, 11) is 0. The number of amides is 1. The zero-order chi connectivity index (χ0) is 22.6. The number of anilines is 2. The van der Waals surface area contributed by atoms with E-state index in [1.807, 2.05) is 0 Å². The van der Waals surface area contributed by atoms with Crippen LogP contribution in [0.2, 0.25) is 0 Å². The Hall–Kier alpha value is -3.05. The quantitative estimate of drug-likeness (QED) is 0.336. The number of hydrogen-bond acceptors (Lipinski definition) is 4. The number of hydrogen-bond donors (Lipinski definition) is 3. The number of halogens is 4. The molecule has 3 N–H and O–H groups in total. The number of aromatic nitrogens is 1. The summed E-state index contributed by atoms with van der Waals surface area (Å²) in [5.74, 6) is -1.66. The third kappa shape index (κ3) is 5.98. The van der Waals surface area contributed by atoms with Crippen LogP contribution in [0.3, 0.4) is 0 Å². The number of nitrogens with one attached hydrogen (secondary N) is 3. The summed E-state index contributed by atoms with van der Waals surface area (Å²) in [6.07, 6.45) is -4.75. The van der Waals surface area contributed by atoms with Gasteiger partial charge in [-0.25, -0.2) is 9.37 Å². The zero-order valence-electron chi connectivity index (χ0n) is 16.0.